The van der Waals surface area contributed by atoms with Gasteiger partial charge >= 0.3 is 0 Å². The molecule has 1 aliphatic heterocycles. The van der Waals surface area contributed by atoms with E-state index in [0.29, 0.717) is 13.0 Å². The van der Waals surface area contributed by atoms with Gasteiger partial charge < -0.3 is 10.2 Å². The Morgan fingerprint density at radius 1 is 1.24 bits per heavy atom. The normalized spacial score (nSPS) is 18.3. The van der Waals surface area contributed by atoms with Gasteiger partial charge in [-0.3, -0.25) is 9.59 Å². The summed E-state index contributed by atoms with van der Waals surface area (Å²) in [6.07, 6.45) is 0.388. The van der Waals surface area contributed by atoms with Crippen molar-refractivity contribution in [2.45, 2.75) is 26.3 Å². The zero-order valence-electron chi connectivity index (χ0n) is 14.3. The van der Waals surface area contributed by atoms with E-state index >= 15 is 0 Å². The van der Waals surface area contributed by atoms with Crippen LogP contribution >= 0.6 is 0 Å². The molecule has 2 atom stereocenters. The fourth-order valence-corrected chi connectivity index (χ4v) is 3.13. The number of aryl methyl sites for hydroxylation is 1. The molecule has 1 fully saturated rings. The largest absolute Gasteiger partial charge is 0.349 e. The molecule has 2 aromatic rings. The van der Waals surface area contributed by atoms with Crippen molar-refractivity contribution < 1.29 is 14.0 Å². The second-order valence-electron chi connectivity index (χ2n) is 6.43. The fourth-order valence-electron chi connectivity index (χ4n) is 3.13. The van der Waals surface area contributed by atoms with Crippen LogP contribution in [0, 0.1) is 18.7 Å². The van der Waals surface area contributed by atoms with E-state index in [1.54, 1.807) is 12.1 Å². The van der Waals surface area contributed by atoms with Crippen LogP contribution in [0.1, 0.15) is 30.5 Å². The third-order valence-corrected chi connectivity index (χ3v) is 4.57. The van der Waals surface area contributed by atoms with Gasteiger partial charge in [-0.1, -0.05) is 36.4 Å². The van der Waals surface area contributed by atoms with Gasteiger partial charge in [-0.25, -0.2) is 4.39 Å². The van der Waals surface area contributed by atoms with Crippen molar-refractivity contribution in [3.05, 3.63) is 65.5 Å². The van der Waals surface area contributed by atoms with Gasteiger partial charge in [-0.05, 0) is 43.5 Å². The second kappa shape index (κ2) is 7.05. The van der Waals surface area contributed by atoms with Crippen molar-refractivity contribution in [3.8, 4) is 0 Å². The summed E-state index contributed by atoms with van der Waals surface area (Å²) in [5.74, 6) is -1.87. The molecule has 0 radical (unpaired) electrons. The summed E-state index contributed by atoms with van der Waals surface area (Å²) in [6.45, 7) is 4.07. The highest BCUT2D eigenvalue weighted by Gasteiger charge is 2.38. The second-order valence-corrected chi connectivity index (χ2v) is 6.43. The summed E-state index contributed by atoms with van der Waals surface area (Å²) in [5.41, 5.74) is 2.09. The average Bonchev–Trinajstić information content (AvgIpc) is 2.99. The molecule has 3 rings (SSSR count). The van der Waals surface area contributed by atoms with Gasteiger partial charge in [0.15, 0.2) is 0 Å². The summed E-state index contributed by atoms with van der Waals surface area (Å²) < 4.78 is 14.1. The Hall–Kier alpha value is -2.69. The molecule has 4 nitrogen and oxygen atoms in total. The van der Waals surface area contributed by atoms with E-state index in [4.69, 9.17) is 0 Å². The first-order chi connectivity index (χ1) is 12.0. The van der Waals surface area contributed by atoms with E-state index in [-0.39, 0.29) is 23.5 Å². The van der Waals surface area contributed by atoms with Crippen molar-refractivity contribution in [3.63, 3.8) is 0 Å². The summed E-state index contributed by atoms with van der Waals surface area (Å²) in [6, 6.07) is 14.0. The number of hydrogen-bond acceptors (Lipinski definition) is 2. The summed E-state index contributed by atoms with van der Waals surface area (Å²) in [5, 5.41) is 2.89. The number of amides is 2. The number of carbonyl (C=O) groups is 2. The summed E-state index contributed by atoms with van der Waals surface area (Å²) >= 11 is 0. The maximum absolute atomic E-state index is 14.1. The highest BCUT2D eigenvalue weighted by molar-refractivity contribution is 6.09. The van der Waals surface area contributed by atoms with Crippen LogP contribution in [0.5, 0.6) is 0 Å². The molecule has 1 heterocycles. The van der Waals surface area contributed by atoms with Gasteiger partial charge in [0.1, 0.15) is 11.7 Å². The SMILES string of the molecule is Cc1ccc(F)c(N2CC[C@H](C(=O)N[C@H](C)c3ccccc3)C2=O)c1. The topological polar surface area (TPSA) is 49.4 Å². The zero-order chi connectivity index (χ0) is 18.0. The Morgan fingerprint density at radius 3 is 2.68 bits per heavy atom. The standard InChI is InChI=1S/C20H21FN2O2/c1-13-8-9-17(21)18(12-13)23-11-10-16(20(23)25)19(24)22-14(2)15-6-4-3-5-7-15/h3-9,12,14,16H,10-11H2,1-2H3,(H,22,24)/t14-,16-/m1/s1. The quantitative estimate of drug-likeness (QED) is 0.868. The molecule has 1 saturated heterocycles. The lowest BCUT2D eigenvalue weighted by Gasteiger charge is -2.19. The van der Waals surface area contributed by atoms with E-state index in [2.05, 4.69) is 5.32 Å². The maximum atomic E-state index is 14.1. The first-order valence-electron chi connectivity index (χ1n) is 8.40. The molecule has 25 heavy (non-hydrogen) atoms. The summed E-state index contributed by atoms with van der Waals surface area (Å²) in [4.78, 5) is 26.5. The lowest BCUT2D eigenvalue weighted by Crippen LogP contribution is -2.38. The van der Waals surface area contributed by atoms with Crippen LogP contribution < -0.4 is 10.2 Å². The molecule has 1 N–H and O–H groups in total. The maximum Gasteiger partial charge on any atom is 0.239 e. The molecule has 0 aromatic heterocycles. The molecular weight excluding hydrogens is 319 g/mol. The van der Waals surface area contributed by atoms with E-state index in [1.165, 1.54) is 11.0 Å². The summed E-state index contributed by atoms with van der Waals surface area (Å²) in [7, 11) is 0. The fraction of sp³-hybridized carbons (Fsp3) is 0.300. The van der Waals surface area contributed by atoms with Crippen molar-refractivity contribution in [2.75, 3.05) is 11.4 Å². The van der Waals surface area contributed by atoms with Crippen LogP contribution in [0.4, 0.5) is 10.1 Å². The number of halogens is 1. The van der Waals surface area contributed by atoms with Gasteiger partial charge in [0, 0.05) is 6.54 Å². The lowest BCUT2D eigenvalue weighted by atomic mass is 10.0. The Morgan fingerprint density at radius 2 is 1.96 bits per heavy atom. The molecule has 5 heteroatoms. The van der Waals surface area contributed by atoms with Crippen molar-refractivity contribution >= 4 is 17.5 Å². The van der Waals surface area contributed by atoms with Gasteiger partial charge in [-0.2, -0.15) is 0 Å². The molecule has 0 saturated carbocycles. The number of carbonyl (C=O) groups excluding carboxylic acids is 2. The molecule has 2 aromatic carbocycles. The molecule has 0 spiro atoms. The predicted octanol–water partition coefficient (Wildman–Crippen LogP) is 3.36. The molecule has 1 aliphatic rings. The van der Waals surface area contributed by atoms with Gasteiger partial charge in [0.2, 0.25) is 11.8 Å². The number of anilines is 1. The van der Waals surface area contributed by atoms with Gasteiger partial charge in [0.05, 0.1) is 11.7 Å². The van der Waals surface area contributed by atoms with E-state index in [0.717, 1.165) is 11.1 Å². The van der Waals surface area contributed by atoms with Crippen LogP contribution in [-0.4, -0.2) is 18.4 Å². The predicted molar refractivity (Wildman–Crippen MR) is 94.6 cm³/mol. The van der Waals surface area contributed by atoms with Crippen LogP contribution in [0.3, 0.4) is 0 Å². The number of nitrogens with zero attached hydrogens (tertiary/aromatic N) is 1. The minimum Gasteiger partial charge on any atom is -0.349 e. The average molecular weight is 340 g/mol. The van der Waals surface area contributed by atoms with Crippen molar-refractivity contribution in [1.29, 1.82) is 0 Å². The minimum atomic E-state index is -0.772. The van der Waals surface area contributed by atoms with Gasteiger partial charge in [-0.15, -0.1) is 0 Å². The first kappa shape index (κ1) is 17.1. The monoisotopic (exact) mass is 340 g/mol. The zero-order valence-corrected chi connectivity index (χ0v) is 14.3. The van der Waals surface area contributed by atoms with Gasteiger partial charge in [0.25, 0.3) is 0 Å². The first-order valence-corrected chi connectivity index (χ1v) is 8.40. The highest BCUT2D eigenvalue weighted by Crippen LogP contribution is 2.29. The number of rotatable bonds is 4. The number of hydrogen-bond donors (Lipinski definition) is 1. The van der Waals surface area contributed by atoms with Crippen LogP contribution in [0.15, 0.2) is 48.5 Å². The molecule has 130 valence electrons. The Kier molecular flexibility index (Phi) is 4.83. The van der Waals surface area contributed by atoms with Crippen LogP contribution in [0.2, 0.25) is 0 Å². The Bertz CT molecular complexity index is 792. The molecule has 0 unspecified atom stereocenters. The molecule has 0 aliphatic carbocycles. The van der Waals surface area contributed by atoms with E-state index in [1.807, 2.05) is 44.2 Å². The lowest BCUT2D eigenvalue weighted by molar-refractivity contribution is -0.132. The van der Waals surface area contributed by atoms with E-state index < -0.39 is 11.7 Å². The van der Waals surface area contributed by atoms with Crippen molar-refractivity contribution in [1.82, 2.24) is 5.32 Å². The molecule has 0 bridgehead atoms. The molecule has 2 amide bonds. The Labute approximate surface area is 146 Å². The Balaban J connectivity index is 1.71. The van der Waals surface area contributed by atoms with Crippen molar-refractivity contribution in [2.24, 2.45) is 5.92 Å². The minimum absolute atomic E-state index is 0.189. The smallest absolute Gasteiger partial charge is 0.239 e. The van der Waals surface area contributed by atoms with E-state index in [9.17, 15) is 14.0 Å². The third-order valence-electron chi connectivity index (χ3n) is 4.57. The third kappa shape index (κ3) is 3.55. The highest BCUT2D eigenvalue weighted by atomic mass is 19.1. The molecular formula is C20H21FN2O2. The number of benzene rings is 2. The van der Waals surface area contributed by atoms with Crippen LogP contribution in [0.25, 0.3) is 0 Å². The number of nitrogens with one attached hydrogen (secondary N) is 1. The van der Waals surface area contributed by atoms with Crippen LogP contribution in [-0.2, 0) is 9.59 Å².